The monoisotopic (exact) mass is 370 g/mol. The van der Waals surface area contributed by atoms with E-state index in [1.165, 1.54) is 11.6 Å². The molecular weight excluding hydrogens is 355 g/mol. The minimum absolute atomic E-state index is 0.217. The summed E-state index contributed by atoms with van der Waals surface area (Å²) in [5.74, 6) is 1.42. The highest BCUT2D eigenvalue weighted by molar-refractivity contribution is 9.10. The van der Waals surface area contributed by atoms with Crippen LogP contribution in [-0.2, 0) is 12.8 Å². The average molecular weight is 372 g/mol. The highest BCUT2D eigenvalue weighted by Crippen LogP contribution is 2.24. The van der Waals surface area contributed by atoms with Crippen LogP contribution in [0.15, 0.2) is 46.9 Å². The molecule has 0 saturated heterocycles. The van der Waals surface area contributed by atoms with Gasteiger partial charge in [0.05, 0.1) is 7.11 Å². The minimum atomic E-state index is -0.217. The van der Waals surface area contributed by atoms with E-state index in [-0.39, 0.29) is 11.7 Å². The normalized spacial score (nSPS) is 12.2. The van der Waals surface area contributed by atoms with Crippen LogP contribution in [0.3, 0.4) is 0 Å². The Bertz CT molecular complexity index is 586. The van der Waals surface area contributed by atoms with Crippen molar-refractivity contribution in [1.29, 1.82) is 0 Å². The van der Waals surface area contributed by atoms with E-state index >= 15 is 0 Å². The second kappa shape index (κ2) is 7.81. The molecule has 0 aliphatic rings. The topological polar surface area (TPSA) is 9.23 Å². The Balaban J connectivity index is 2.07. The zero-order chi connectivity index (χ0) is 15.2. The largest absolute Gasteiger partial charge is 0.497 e. The van der Waals surface area contributed by atoms with E-state index in [1.54, 1.807) is 19.2 Å². The second-order valence-corrected chi connectivity index (χ2v) is 6.18. The van der Waals surface area contributed by atoms with Crippen LogP contribution in [0, 0.1) is 11.7 Å². The van der Waals surface area contributed by atoms with E-state index in [1.807, 2.05) is 24.3 Å². The van der Waals surface area contributed by atoms with Crippen molar-refractivity contribution in [1.82, 2.24) is 0 Å². The molecule has 2 rings (SSSR count). The third kappa shape index (κ3) is 4.72. The van der Waals surface area contributed by atoms with Gasteiger partial charge < -0.3 is 4.74 Å². The molecule has 1 nitrogen and oxygen atoms in total. The van der Waals surface area contributed by atoms with Crippen LogP contribution >= 0.6 is 27.5 Å². The highest BCUT2D eigenvalue weighted by atomic mass is 79.9. The lowest BCUT2D eigenvalue weighted by atomic mass is 9.94. The Labute approximate surface area is 138 Å². The van der Waals surface area contributed by atoms with Gasteiger partial charge in [-0.05, 0) is 60.2 Å². The molecule has 21 heavy (non-hydrogen) atoms. The van der Waals surface area contributed by atoms with Crippen molar-refractivity contribution in [3.8, 4) is 5.75 Å². The second-order valence-electron chi connectivity index (χ2n) is 5.01. The quantitative estimate of drug-likeness (QED) is 0.631. The molecule has 0 heterocycles. The van der Waals surface area contributed by atoms with Crippen molar-refractivity contribution in [3.05, 3.63) is 63.9 Å². The molecule has 0 aliphatic heterocycles. The maximum Gasteiger partial charge on any atom is 0.123 e. The molecule has 0 amide bonds. The lowest BCUT2D eigenvalue weighted by Crippen LogP contribution is -2.10. The lowest BCUT2D eigenvalue weighted by molar-refractivity contribution is 0.414. The molecule has 0 saturated carbocycles. The fraction of sp³-hybridized carbons (Fsp3) is 0.294. The summed E-state index contributed by atoms with van der Waals surface area (Å²) < 4.78 is 19.4. The molecule has 2 aromatic rings. The summed E-state index contributed by atoms with van der Waals surface area (Å²) in [6.07, 6.45) is 1.60. The number of hydrogen-bond acceptors (Lipinski definition) is 1. The molecule has 0 N–H and O–H groups in total. The molecule has 1 atom stereocenters. The van der Waals surface area contributed by atoms with Crippen molar-refractivity contribution < 1.29 is 9.13 Å². The molecule has 0 aromatic heterocycles. The Hall–Kier alpha value is -1.06. The van der Waals surface area contributed by atoms with E-state index in [9.17, 15) is 4.39 Å². The Morgan fingerprint density at radius 3 is 2.48 bits per heavy atom. The summed E-state index contributed by atoms with van der Waals surface area (Å²) in [4.78, 5) is 0. The highest BCUT2D eigenvalue weighted by Gasteiger charge is 2.12. The molecule has 2 aromatic carbocycles. The van der Waals surface area contributed by atoms with E-state index < -0.39 is 0 Å². The predicted molar refractivity (Wildman–Crippen MR) is 88.7 cm³/mol. The first kappa shape index (κ1) is 16.3. The zero-order valence-electron chi connectivity index (χ0n) is 11.8. The van der Waals surface area contributed by atoms with E-state index in [0.29, 0.717) is 5.88 Å². The zero-order valence-corrected chi connectivity index (χ0v) is 14.1. The summed E-state index contributed by atoms with van der Waals surface area (Å²) >= 11 is 9.55. The van der Waals surface area contributed by atoms with Crippen molar-refractivity contribution in [2.75, 3.05) is 13.0 Å². The first-order valence-corrected chi connectivity index (χ1v) is 8.08. The van der Waals surface area contributed by atoms with E-state index in [4.69, 9.17) is 16.3 Å². The molecular formula is C17H17BrClFO. The van der Waals surface area contributed by atoms with Crippen molar-refractivity contribution in [2.24, 2.45) is 5.92 Å². The Morgan fingerprint density at radius 1 is 1.14 bits per heavy atom. The summed E-state index contributed by atoms with van der Waals surface area (Å²) in [5.41, 5.74) is 2.16. The van der Waals surface area contributed by atoms with Gasteiger partial charge in [-0.15, -0.1) is 11.6 Å². The predicted octanol–water partition coefficient (Wildman–Crippen LogP) is 5.24. The number of benzene rings is 2. The molecule has 0 fully saturated rings. The molecule has 0 spiro atoms. The number of hydrogen-bond donors (Lipinski definition) is 0. The summed E-state index contributed by atoms with van der Waals surface area (Å²) in [6.45, 7) is 0. The summed E-state index contributed by atoms with van der Waals surface area (Å²) in [7, 11) is 1.65. The van der Waals surface area contributed by atoms with Crippen LogP contribution in [0.5, 0.6) is 5.75 Å². The van der Waals surface area contributed by atoms with E-state index in [0.717, 1.165) is 28.6 Å². The van der Waals surface area contributed by atoms with Gasteiger partial charge in [0.1, 0.15) is 11.6 Å². The maximum absolute atomic E-state index is 13.3. The van der Waals surface area contributed by atoms with Gasteiger partial charge in [0.15, 0.2) is 0 Å². The van der Waals surface area contributed by atoms with Gasteiger partial charge in [-0.25, -0.2) is 4.39 Å². The van der Waals surface area contributed by atoms with Gasteiger partial charge in [0, 0.05) is 10.4 Å². The van der Waals surface area contributed by atoms with Crippen LogP contribution in [0.1, 0.15) is 11.1 Å². The van der Waals surface area contributed by atoms with Gasteiger partial charge in [-0.3, -0.25) is 0 Å². The van der Waals surface area contributed by atoms with Crippen LogP contribution in [0.2, 0.25) is 0 Å². The van der Waals surface area contributed by atoms with Gasteiger partial charge in [0.25, 0.3) is 0 Å². The van der Waals surface area contributed by atoms with Crippen LogP contribution in [0.25, 0.3) is 0 Å². The Kier molecular flexibility index (Phi) is 6.07. The van der Waals surface area contributed by atoms with Gasteiger partial charge >= 0.3 is 0 Å². The number of methoxy groups -OCH3 is 1. The average Bonchev–Trinajstić information content (AvgIpc) is 2.51. The Morgan fingerprint density at radius 2 is 1.86 bits per heavy atom. The van der Waals surface area contributed by atoms with Gasteiger partial charge in [-0.1, -0.05) is 28.1 Å². The number of ether oxygens (including phenoxy) is 1. The third-order valence-electron chi connectivity index (χ3n) is 3.42. The van der Waals surface area contributed by atoms with Crippen LogP contribution < -0.4 is 4.74 Å². The smallest absolute Gasteiger partial charge is 0.123 e. The first-order chi connectivity index (χ1) is 10.1. The molecule has 1 unspecified atom stereocenters. The van der Waals surface area contributed by atoms with Crippen molar-refractivity contribution in [2.45, 2.75) is 12.8 Å². The number of rotatable bonds is 6. The van der Waals surface area contributed by atoms with E-state index in [2.05, 4.69) is 15.9 Å². The fourth-order valence-corrected chi connectivity index (χ4v) is 2.91. The van der Waals surface area contributed by atoms with Gasteiger partial charge in [-0.2, -0.15) is 0 Å². The molecule has 0 aliphatic carbocycles. The number of alkyl halides is 1. The summed E-state index contributed by atoms with van der Waals surface area (Å²) in [6, 6.07) is 12.7. The molecule has 0 bridgehead atoms. The SMILES string of the molecule is COc1ccc(CC(CCl)Cc2cc(F)ccc2Br)cc1. The maximum atomic E-state index is 13.3. The van der Waals surface area contributed by atoms with Crippen molar-refractivity contribution >= 4 is 27.5 Å². The van der Waals surface area contributed by atoms with Gasteiger partial charge in [0.2, 0.25) is 0 Å². The van der Waals surface area contributed by atoms with Crippen molar-refractivity contribution in [3.63, 3.8) is 0 Å². The standard InChI is InChI=1S/C17H17BrClFO/c1-21-16-5-2-12(3-6-16)8-13(11-19)9-14-10-15(20)4-7-17(14)18/h2-7,10,13H,8-9,11H2,1H3. The fourth-order valence-electron chi connectivity index (χ4n) is 2.29. The van der Waals surface area contributed by atoms with Crippen LogP contribution in [-0.4, -0.2) is 13.0 Å². The first-order valence-electron chi connectivity index (χ1n) is 6.75. The third-order valence-corrected chi connectivity index (χ3v) is 4.63. The minimum Gasteiger partial charge on any atom is -0.497 e. The lowest BCUT2D eigenvalue weighted by Gasteiger charge is -2.15. The van der Waals surface area contributed by atoms with Crippen LogP contribution in [0.4, 0.5) is 4.39 Å². The molecule has 4 heteroatoms. The molecule has 0 radical (unpaired) electrons. The number of halogens is 3. The molecule has 112 valence electrons. The summed E-state index contributed by atoms with van der Waals surface area (Å²) in [5, 5.41) is 0.